The number of halogens is 1. The molecule has 1 aromatic carbocycles. The minimum absolute atomic E-state index is 0.351. The maximum atomic E-state index is 5.66. The molecule has 1 aromatic rings. The van der Waals surface area contributed by atoms with Crippen LogP contribution in [0.15, 0.2) is 28.7 Å². The van der Waals surface area contributed by atoms with Crippen molar-refractivity contribution in [3.63, 3.8) is 0 Å². The van der Waals surface area contributed by atoms with Crippen LogP contribution < -0.4 is 10.5 Å². The molecule has 0 saturated heterocycles. The SMILES string of the molecule is COCCC(CN)COc1ccc(Br)cc1. The molecule has 0 radical (unpaired) electrons. The molecule has 1 atom stereocenters. The zero-order valence-electron chi connectivity index (χ0n) is 9.49. The lowest BCUT2D eigenvalue weighted by molar-refractivity contribution is 0.157. The predicted octanol–water partition coefficient (Wildman–Crippen LogP) is 2.44. The van der Waals surface area contributed by atoms with Crippen molar-refractivity contribution in [2.45, 2.75) is 6.42 Å². The average Bonchev–Trinajstić information content (AvgIpc) is 2.32. The highest BCUT2D eigenvalue weighted by Crippen LogP contribution is 2.17. The van der Waals surface area contributed by atoms with Crippen LogP contribution in [0.4, 0.5) is 0 Å². The first-order chi connectivity index (χ1) is 7.76. The van der Waals surface area contributed by atoms with Gasteiger partial charge < -0.3 is 15.2 Å². The van der Waals surface area contributed by atoms with Gasteiger partial charge in [-0.3, -0.25) is 0 Å². The maximum absolute atomic E-state index is 5.66. The number of hydrogen-bond donors (Lipinski definition) is 1. The summed E-state index contributed by atoms with van der Waals surface area (Å²) >= 11 is 3.38. The summed E-state index contributed by atoms with van der Waals surface area (Å²) in [6.45, 7) is 1.99. The first-order valence-corrected chi connectivity index (χ1v) is 6.13. The summed E-state index contributed by atoms with van der Waals surface area (Å²) < 4.78 is 11.7. The van der Waals surface area contributed by atoms with Crippen LogP contribution >= 0.6 is 15.9 Å². The van der Waals surface area contributed by atoms with Crippen LogP contribution in [-0.4, -0.2) is 26.9 Å². The molecule has 1 rings (SSSR count). The van der Waals surface area contributed by atoms with Gasteiger partial charge >= 0.3 is 0 Å². The molecule has 16 heavy (non-hydrogen) atoms. The number of benzene rings is 1. The monoisotopic (exact) mass is 287 g/mol. The Labute approximate surface area is 105 Å². The third kappa shape index (κ3) is 4.96. The number of methoxy groups -OCH3 is 1. The van der Waals surface area contributed by atoms with Crippen molar-refractivity contribution >= 4 is 15.9 Å². The minimum Gasteiger partial charge on any atom is -0.493 e. The third-order valence-electron chi connectivity index (χ3n) is 2.36. The predicted molar refractivity (Wildman–Crippen MR) is 68.7 cm³/mol. The summed E-state index contributed by atoms with van der Waals surface area (Å²) in [5.74, 6) is 1.22. The summed E-state index contributed by atoms with van der Waals surface area (Å²) in [5, 5.41) is 0. The molecular weight excluding hydrogens is 270 g/mol. The van der Waals surface area contributed by atoms with Gasteiger partial charge in [-0.15, -0.1) is 0 Å². The molecule has 2 N–H and O–H groups in total. The van der Waals surface area contributed by atoms with Gasteiger partial charge in [0.2, 0.25) is 0 Å². The maximum Gasteiger partial charge on any atom is 0.119 e. The number of hydrogen-bond acceptors (Lipinski definition) is 3. The zero-order valence-corrected chi connectivity index (χ0v) is 11.1. The van der Waals surface area contributed by atoms with Crippen LogP contribution in [0.1, 0.15) is 6.42 Å². The molecule has 0 bridgehead atoms. The summed E-state index contributed by atoms with van der Waals surface area (Å²) in [4.78, 5) is 0. The van der Waals surface area contributed by atoms with E-state index in [-0.39, 0.29) is 0 Å². The van der Waals surface area contributed by atoms with Gasteiger partial charge in [-0.25, -0.2) is 0 Å². The minimum atomic E-state index is 0.351. The summed E-state index contributed by atoms with van der Waals surface area (Å²) in [6, 6.07) is 7.80. The van der Waals surface area contributed by atoms with Gasteiger partial charge in [-0.05, 0) is 37.2 Å². The van der Waals surface area contributed by atoms with E-state index in [9.17, 15) is 0 Å². The van der Waals surface area contributed by atoms with E-state index < -0.39 is 0 Å². The second-order valence-corrected chi connectivity index (χ2v) is 4.56. The second kappa shape index (κ2) is 7.65. The molecule has 0 saturated carbocycles. The average molecular weight is 288 g/mol. The van der Waals surface area contributed by atoms with E-state index in [1.807, 2.05) is 24.3 Å². The van der Waals surface area contributed by atoms with Gasteiger partial charge in [0.15, 0.2) is 0 Å². The Kier molecular flexibility index (Phi) is 6.45. The highest BCUT2D eigenvalue weighted by atomic mass is 79.9. The zero-order chi connectivity index (χ0) is 11.8. The summed E-state index contributed by atoms with van der Waals surface area (Å²) in [6.07, 6.45) is 0.934. The van der Waals surface area contributed by atoms with Gasteiger partial charge in [0.25, 0.3) is 0 Å². The molecule has 1 unspecified atom stereocenters. The van der Waals surface area contributed by atoms with Crippen molar-refractivity contribution in [3.8, 4) is 5.75 Å². The smallest absolute Gasteiger partial charge is 0.119 e. The largest absolute Gasteiger partial charge is 0.493 e. The quantitative estimate of drug-likeness (QED) is 0.838. The van der Waals surface area contributed by atoms with E-state index in [4.69, 9.17) is 15.2 Å². The van der Waals surface area contributed by atoms with E-state index in [1.54, 1.807) is 7.11 Å². The molecule has 90 valence electrons. The molecule has 0 aromatic heterocycles. The second-order valence-electron chi connectivity index (χ2n) is 3.65. The molecule has 0 fully saturated rings. The first kappa shape index (κ1) is 13.5. The van der Waals surface area contributed by atoms with E-state index >= 15 is 0 Å². The fourth-order valence-corrected chi connectivity index (χ4v) is 1.56. The fraction of sp³-hybridized carbons (Fsp3) is 0.500. The van der Waals surface area contributed by atoms with Crippen molar-refractivity contribution in [1.82, 2.24) is 0 Å². The van der Waals surface area contributed by atoms with Crippen molar-refractivity contribution in [1.29, 1.82) is 0 Å². The van der Waals surface area contributed by atoms with Gasteiger partial charge in [-0.1, -0.05) is 15.9 Å². The molecule has 0 heterocycles. The Morgan fingerprint density at radius 3 is 2.56 bits per heavy atom. The Balaban J connectivity index is 2.34. The molecule has 4 heteroatoms. The van der Waals surface area contributed by atoms with Gasteiger partial charge in [0.1, 0.15) is 5.75 Å². The van der Waals surface area contributed by atoms with Crippen molar-refractivity contribution in [3.05, 3.63) is 28.7 Å². The van der Waals surface area contributed by atoms with E-state index in [0.29, 0.717) is 19.1 Å². The lowest BCUT2D eigenvalue weighted by Gasteiger charge is -2.15. The van der Waals surface area contributed by atoms with Gasteiger partial charge in [0, 0.05) is 24.1 Å². The standard InChI is InChI=1S/C12H18BrNO2/c1-15-7-6-10(8-14)9-16-12-4-2-11(13)3-5-12/h2-5,10H,6-9,14H2,1H3. The Hall–Kier alpha value is -0.580. The van der Waals surface area contributed by atoms with Crippen molar-refractivity contribution in [2.24, 2.45) is 11.7 Å². The fourth-order valence-electron chi connectivity index (χ4n) is 1.30. The van der Waals surface area contributed by atoms with Crippen LogP contribution in [0.3, 0.4) is 0 Å². The van der Waals surface area contributed by atoms with Crippen LogP contribution in [-0.2, 0) is 4.74 Å². The molecule has 0 spiro atoms. The summed E-state index contributed by atoms with van der Waals surface area (Å²) in [7, 11) is 1.70. The van der Waals surface area contributed by atoms with Crippen LogP contribution in [0.5, 0.6) is 5.75 Å². The topological polar surface area (TPSA) is 44.5 Å². The highest BCUT2D eigenvalue weighted by Gasteiger charge is 2.07. The third-order valence-corrected chi connectivity index (χ3v) is 2.89. The molecule has 0 amide bonds. The van der Waals surface area contributed by atoms with Crippen molar-refractivity contribution < 1.29 is 9.47 Å². The molecule has 3 nitrogen and oxygen atoms in total. The molecule has 0 aliphatic heterocycles. The number of nitrogens with two attached hydrogens (primary N) is 1. The normalized spacial score (nSPS) is 12.4. The lowest BCUT2D eigenvalue weighted by atomic mass is 10.1. The Morgan fingerprint density at radius 2 is 2.00 bits per heavy atom. The molecule has 0 aliphatic rings. The Morgan fingerprint density at radius 1 is 1.31 bits per heavy atom. The molecule has 0 aliphatic carbocycles. The van der Waals surface area contributed by atoms with E-state index in [2.05, 4.69) is 15.9 Å². The number of rotatable bonds is 7. The highest BCUT2D eigenvalue weighted by molar-refractivity contribution is 9.10. The first-order valence-electron chi connectivity index (χ1n) is 5.33. The Bertz CT molecular complexity index is 290. The summed E-state index contributed by atoms with van der Waals surface area (Å²) in [5.41, 5.74) is 5.66. The van der Waals surface area contributed by atoms with Gasteiger partial charge in [-0.2, -0.15) is 0 Å². The van der Waals surface area contributed by atoms with Gasteiger partial charge in [0.05, 0.1) is 6.61 Å². The molecular formula is C12H18BrNO2. The van der Waals surface area contributed by atoms with Crippen LogP contribution in [0, 0.1) is 5.92 Å². The van der Waals surface area contributed by atoms with Crippen LogP contribution in [0.2, 0.25) is 0 Å². The van der Waals surface area contributed by atoms with E-state index in [1.165, 1.54) is 0 Å². The lowest BCUT2D eigenvalue weighted by Crippen LogP contribution is -2.22. The number of ether oxygens (including phenoxy) is 2. The van der Waals surface area contributed by atoms with E-state index in [0.717, 1.165) is 23.2 Å². The van der Waals surface area contributed by atoms with Crippen molar-refractivity contribution in [2.75, 3.05) is 26.9 Å². The van der Waals surface area contributed by atoms with Crippen LogP contribution in [0.25, 0.3) is 0 Å².